The second-order valence-electron chi connectivity index (χ2n) is 7.16. The summed E-state index contributed by atoms with van der Waals surface area (Å²) in [6, 6.07) is 15.8. The van der Waals surface area contributed by atoms with Crippen molar-refractivity contribution in [1.29, 1.82) is 0 Å². The molecule has 140 valence electrons. The van der Waals surface area contributed by atoms with Gasteiger partial charge in [-0.3, -0.25) is 4.79 Å². The van der Waals surface area contributed by atoms with Crippen LogP contribution in [0.15, 0.2) is 48.5 Å². The number of esters is 1. The van der Waals surface area contributed by atoms with E-state index in [0.717, 1.165) is 47.5 Å². The summed E-state index contributed by atoms with van der Waals surface area (Å²) in [5.74, 6) is 0.711. The lowest BCUT2D eigenvalue weighted by molar-refractivity contribution is -0.157. The first-order valence-electron chi connectivity index (χ1n) is 9.33. The summed E-state index contributed by atoms with van der Waals surface area (Å²) in [6.45, 7) is 0.296. The molecule has 3 aromatic rings. The van der Waals surface area contributed by atoms with Crippen LogP contribution in [0, 0.1) is 5.41 Å². The summed E-state index contributed by atoms with van der Waals surface area (Å²) in [5.41, 5.74) is 1.55. The SMILES string of the molecule is COc1ccc(COC(=O)C2(Cc3nc4ccccc4s3)CCCC2)cc1. The van der Waals surface area contributed by atoms with Crippen molar-refractivity contribution in [3.05, 3.63) is 59.1 Å². The first-order valence-corrected chi connectivity index (χ1v) is 10.1. The Morgan fingerprint density at radius 3 is 2.56 bits per heavy atom. The maximum atomic E-state index is 13.0. The summed E-state index contributed by atoms with van der Waals surface area (Å²) >= 11 is 1.69. The highest BCUT2D eigenvalue weighted by Crippen LogP contribution is 2.43. The molecule has 5 heteroatoms. The first kappa shape index (κ1) is 18.0. The molecule has 0 amide bonds. The summed E-state index contributed by atoms with van der Waals surface area (Å²) in [6.07, 6.45) is 4.58. The van der Waals surface area contributed by atoms with Crippen molar-refractivity contribution in [1.82, 2.24) is 4.98 Å². The van der Waals surface area contributed by atoms with Crippen LogP contribution in [0.3, 0.4) is 0 Å². The Morgan fingerprint density at radius 2 is 1.85 bits per heavy atom. The average molecular weight is 381 g/mol. The fourth-order valence-corrected chi connectivity index (χ4v) is 4.92. The molecule has 1 aliphatic carbocycles. The molecule has 4 rings (SSSR count). The van der Waals surface area contributed by atoms with E-state index in [2.05, 4.69) is 6.07 Å². The number of nitrogens with zero attached hydrogens (tertiary/aromatic N) is 1. The molecule has 0 spiro atoms. The van der Waals surface area contributed by atoms with E-state index in [1.807, 2.05) is 42.5 Å². The normalized spacial score (nSPS) is 15.7. The highest BCUT2D eigenvalue weighted by Gasteiger charge is 2.43. The molecule has 1 aliphatic rings. The minimum Gasteiger partial charge on any atom is -0.497 e. The van der Waals surface area contributed by atoms with Crippen molar-refractivity contribution in [3.63, 3.8) is 0 Å². The molecule has 0 aliphatic heterocycles. The molecule has 27 heavy (non-hydrogen) atoms. The Hall–Kier alpha value is -2.40. The quantitative estimate of drug-likeness (QED) is 0.554. The van der Waals surface area contributed by atoms with Gasteiger partial charge < -0.3 is 9.47 Å². The Morgan fingerprint density at radius 1 is 1.11 bits per heavy atom. The number of thiazole rings is 1. The molecule has 1 fully saturated rings. The summed E-state index contributed by atoms with van der Waals surface area (Å²) in [4.78, 5) is 17.8. The highest BCUT2D eigenvalue weighted by molar-refractivity contribution is 7.18. The predicted octanol–water partition coefficient (Wildman–Crippen LogP) is 5.15. The van der Waals surface area contributed by atoms with Gasteiger partial charge >= 0.3 is 5.97 Å². The minimum atomic E-state index is -0.430. The van der Waals surface area contributed by atoms with Gasteiger partial charge in [-0.25, -0.2) is 4.98 Å². The van der Waals surface area contributed by atoms with Crippen LogP contribution in [0.1, 0.15) is 36.3 Å². The minimum absolute atomic E-state index is 0.0879. The van der Waals surface area contributed by atoms with Crippen LogP contribution in [0.25, 0.3) is 10.2 Å². The van der Waals surface area contributed by atoms with Crippen LogP contribution in [0.2, 0.25) is 0 Å². The first-order chi connectivity index (χ1) is 13.2. The molecule has 1 saturated carbocycles. The molecule has 0 atom stereocenters. The van der Waals surface area contributed by atoms with Gasteiger partial charge in [0, 0.05) is 6.42 Å². The van der Waals surface area contributed by atoms with Crippen LogP contribution < -0.4 is 4.74 Å². The number of carbonyl (C=O) groups is 1. The van der Waals surface area contributed by atoms with Crippen molar-refractivity contribution in [2.24, 2.45) is 5.41 Å². The van der Waals surface area contributed by atoms with E-state index in [4.69, 9.17) is 14.5 Å². The van der Waals surface area contributed by atoms with E-state index in [1.54, 1.807) is 18.4 Å². The van der Waals surface area contributed by atoms with Crippen LogP contribution in [0.4, 0.5) is 0 Å². The van der Waals surface area contributed by atoms with Gasteiger partial charge in [0.25, 0.3) is 0 Å². The maximum Gasteiger partial charge on any atom is 0.312 e. The van der Waals surface area contributed by atoms with E-state index in [0.29, 0.717) is 13.0 Å². The monoisotopic (exact) mass is 381 g/mol. The van der Waals surface area contributed by atoms with E-state index < -0.39 is 5.41 Å². The van der Waals surface area contributed by atoms with Gasteiger partial charge in [-0.15, -0.1) is 11.3 Å². The fourth-order valence-electron chi connectivity index (χ4n) is 3.81. The number of aromatic nitrogens is 1. The summed E-state index contributed by atoms with van der Waals surface area (Å²) < 4.78 is 12.1. The van der Waals surface area contributed by atoms with Gasteiger partial charge in [-0.2, -0.15) is 0 Å². The lowest BCUT2D eigenvalue weighted by atomic mass is 9.83. The number of carbonyl (C=O) groups excluding carboxylic acids is 1. The fraction of sp³-hybridized carbons (Fsp3) is 0.364. The molecule has 1 heterocycles. The summed E-state index contributed by atoms with van der Waals surface area (Å²) in [7, 11) is 1.64. The van der Waals surface area contributed by atoms with Crippen molar-refractivity contribution < 1.29 is 14.3 Å². The lowest BCUT2D eigenvalue weighted by Gasteiger charge is -2.25. The maximum absolute atomic E-state index is 13.0. The van der Waals surface area contributed by atoms with Crippen molar-refractivity contribution in [3.8, 4) is 5.75 Å². The van der Waals surface area contributed by atoms with Gasteiger partial charge in [-0.1, -0.05) is 37.1 Å². The zero-order valence-electron chi connectivity index (χ0n) is 15.4. The van der Waals surface area contributed by atoms with E-state index in [9.17, 15) is 4.79 Å². The van der Waals surface area contributed by atoms with Gasteiger partial charge in [-0.05, 0) is 42.7 Å². The molecule has 0 radical (unpaired) electrons. The number of hydrogen-bond acceptors (Lipinski definition) is 5. The Kier molecular flexibility index (Phi) is 5.12. The molecule has 2 aromatic carbocycles. The van der Waals surface area contributed by atoms with E-state index >= 15 is 0 Å². The van der Waals surface area contributed by atoms with Crippen molar-refractivity contribution >= 4 is 27.5 Å². The molecule has 0 bridgehead atoms. The third-order valence-electron chi connectivity index (χ3n) is 5.35. The molecule has 1 aromatic heterocycles. The van der Waals surface area contributed by atoms with Crippen LogP contribution in [-0.4, -0.2) is 18.1 Å². The van der Waals surface area contributed by atoms with Crippen LogP contribution >= 0.6 is 11.3 Å². The number of rotatable bonds is 6. The number of fused-ring (bicyclic) bond motifs is 1. The van der Waals surface area contributed by atoms with Gasteiger partial charge in [0.15, 0.2) is 0 Å². The highest BCUT2D eigenvalue weighted by atomic mass is 32.1. The zero-order valence-corrected chi connectivity index (χ0v) is 16.3. The van der Waals surface area contributed by atoms with Gasteiger partial charge in [0.1, 0.15) is 12.4 Å². The standard InChI is InChI=1S/C22H23NO3S/c1-25-17-10-8-16(9-11-17)15-26-21(24)22(12-4-5-13-22)14-20-23-18-6-2-3-7-19(18)27-20/h2-3,6-11H,4-5,12-15H2,1H3. The Bertz CT molecular complexity index is 893. The number of hydrogen-bond donors (Lipinski definition) is 0. The molecule has 0 saturated heterocycles. The molecule has 4 nitrogen and oxygen atoms in total. The molecular formula is C22H23NO3S. The van der Waals surface area contributed by atoms with Crippen LogP contribution in [0.5, 0.6) is 5.75 Å². The zero-order chi connectivity index (χ0) is 18.7. The third kappa shape index (κ3) is 3.83. The topological polar surface area (TPSA) is 48.4 Å². The number of methoxy groups -OCH3 is 1. The number of para-hydroxylation sites is 1. The Labute approximate surface area is 163 Å². The largest absolute Gasteiger partial charge is 0.497 e. The third-order valence-corrected chi connectivity index (χ3v) is 6.39. The molecular weight excluding hydrogens is 358 g/mol. The Balaban J connectivity index is 1.47. The molecule has 0 N–H and O–H groups in total. The lowest BCUT2D eigenvalue weighted by Crippen LogP contribution is -2.32. The molecule has 0 unspecified atom stereocenters. The smallest absolute Gasteiger partial charge is 0.312 e. The number of ether oxygens (including phenoxy) is 2. The van der Waals surface area contributed by atoms with Gasteiger partial charge in [0.05, 0.1) is 27.7 Å². The summed E-state index contributed by atoms with van der Waals surface area (Å²) in [5, 5.41) is 1.03. The van der Waals surface area contributed by atoms with Crippen molar-refractivity contribution in [2.45, 2.75) is 38.7 Å². The average Bonchev–Trinajstić information content (AvgIpc) is 3.33. The van der Waals surface area contributed by atoms with Crippen molar-refractivity contribution in [2.75, 3.05) is 7.11 Å². The van der Waals surface area contributed by atoms with E-state index in [-0.39, 0.29) is 5.97 Å². The number of benzene rings is 2. The van der Waals surface area contributed by atoms with E-state index in [1.165, 1.54) is 4.70 Å². The predicted molar refractivity (Wildman–Crippen MR) is 107 cm³/mol. The second-order valence-corrected chi connectivity index (χ2v) is 8.28. The second kappa shape index (κ2) is 7.69. The van der Waals surface area contributed by atoms with Gasteiger partial charge in [0.2, 0.25) is 0 Å². The van der Waals surface area contributed by atoms with Crippen LogP contribution in [-0.2, 0) is 22.6 Å².